The van der Waals surface area contributed by atoms with Crippen molar-refractivity contribution in [2.45, 2.75) is 46.1 Å². The third-order valence-electron chi connectivity index (χ3n) is 3.11. The lowest BCUT2D eigenvalue weighted by atomic mass is 10.1. The van der Waals surface area contributed by atoms with Gasteiger partial charge in [-0.3, -0.25) is 0 Å². The van der Waals surface area contributed by atoms with Crippen molar-refractivity contribution in [1.82, 2.24) is 19.5 Å². The van der Waals surface area contributed by atoms with Crippen molar-refractivity contribution in [3.63, 3.8) is 0 Å². The first-order valence-corrected chi connectivity index (χ1v) is 6.76. The van der Waals surface area contributed by atoms with E-state index in [0.29, 0.717) is 18.4 Å². The van der Waals surface area contributed by atoms with Crippen LogP contribution >= 0.6 is 0 Å². The zero-order valence-electron chi connectivity index (χ0n) is 12.3. The minimum absolute atomic E-state index is 0.313. The summed E-state index contributed by atoms with van der Waals surface area (Å²) in [5.41, 5.74) is 2.86. The van der Waals surface area contributed by atoms with Gasteiger partial charge >= 0.3 is 0 Å². The zero-order valence-corrected chi connectivity index (χ0v) is 12.3. The standard InChI is InChI=1S/C14H22N4O/c1-9(2)11-12-14(17-13(16-11)10(3)4)18(8-15-12)6-7-19-5/h8-10H,6-7H2,1-5H3. The fourth-order valence-corrected chi connectivity index (χ4v) is 2.00. The number of fused-ring (bicyclic) bond motifs is 1. The van der Waals surface area contributed by atoms with Gasteiger partial charge in [0.2, 0.25) is 0 Å². The molecule has 0 amide bonds. The van der Waals surface area contributed by atoms with Crippen LogP contribution in [0.3, 0.4) is 0 Å². The average molecular weight is 262 g/mol. The predicted octanol–water partition coefficient (Wildman–Crippen LogP) is 2.72. The van der Waals surface area contributed by atoms with Crippen LogP contribution in [-0.2, 0) is 11.3 Å². The molecule has 0 atom stereocenters. The minimum Gasteiger partial charge on any atom is -0.383 e. The normalized spacial score (nSPS) is 11.9. The second-order valence-electron chi connectivity index (χ2n) is 5.38. The largest absolute Gasteiger partial charge is 0.383 e. The molecule has 5 nitrogen and oxygen atoms in total. The highest BCUT2D eigenvalue weighted by atomic mass is 16.5. The van der Waals surface area contributed by atoms with E-state index >= 15 is 0 Å². The Bertz CT molecular complexity index is 560. The summed E-state index contributed by atoms with van der Waals surface area (Å²) in [4.78, 5) is 13.8. The Morgan fingerprint density at radius 3 is 2.47 bits per heavy atom. The van der Waals surface area contributed by atoms with E-state index in [1.54, 1.807) is 7.11 Å². The monoisotopic (exact) mass is 262 g/mol. The first-order valence-electron chi connectivity index (χ1n) is 6.76. The van der Waals surface area contributed by atoms with Crippen LogP contribution in [0.4, 0.5) is 0 Å². The van der Waals surface area contributed by atoms with Gasteiger partial charge in [0.15, 0.2) is 5.65 Å². The molecule has 0 saturated carbocycles. The molecule has 0 N–H and O–H groups in total. The average Bonchev–Trinajstić information content (AvgIpc) is 2.77. The van der Waals surface area contributed by atoms with Gasteiger partial charge in [-0.2, -0.15) is 0 Å². The summed E-state index contributed by atoms with van der Waals surface area (Å²) in [5, 5.41) is 0. The number of imidazole rings is 1. The van der Waals surface area contributed by atoms with E-state index in [-0.39, 0.29) is 0 Å². The molecule has 104 valence electrons. The highest BCUT2D eigenvalue weighted by Gasteiger charge is 2.16. The van der Waals surface area contributed by atoms with Gasteiger partial charge in [-0.25, -0.2) is 15.0 Å². The predicted molar refractivity (Wildman–Crippen MR) is 75.4 cm³/mol. The summed E-state index contributed by atoms with van der Waals surface area (Å²) in [5.74, 6) is 1.54. The topological polar surface area (TPSA) is 52.8 Å². The molecule has 0 aromatic carbocycles. The van der Waals surface area contributed by atoms with Crippen molar-refractivity contribution in [2.75, 3.05) is 13.7 Å². The maximum atomic E-state index is 5.13. The summed E-state index contributed by atoms with van der Waals surface area (Å²) in [6.45, 7) is 9.92. The minimum atomic E-state index is 0.313. The molecule has 2 rings (SSSR count). The van der Waals surface area contributed by atoms with Gasteiger partial charge in [-0.15, -0.1) is 0 Å². The molecule has 0 aliphatic heterocycles. The van der Waals surface area contributed by atoms with Crippen molar-refractivity contribution >= 4 is 11.2 Å². The molecule has 0 saturated heterocycles. The maximum Gasteiger partial charge on any atom is 0.163 e. The van der Waals surface area contributed by atoms with Crippen LogP contribution in [0.2, 0.25) is 0 Å². The molecule has 2 aromatic rings. The summed E-state index contributed by atoms with van der Waals surface area (Å²) in [6, 6.07) is 0. The zero-order chi connectivity index (χ0) is 14.0. The molecule has 0 fully saturated rings. The van der Waals surface area contributed by atoms with Crippen LogP contribution in [-0.4, -0.2) is 33.2 Å². The molecule has 2 heterocycles. The van der Waals surface area contributed by atoms with Crippen molar-refractivity contribution in [2.24, 2.45) is 0 Å². The van der Waals surface area contributed by atoms with Crippen molar-refractivity contribution in [3.8, 4) is 0 Å². The summed E-state index contributed by atoms with van der Waals surface area (Å²) in [6.07, 6.45) is 1.83. The smallest absolute Gasteiger partial charge is 0.163 e. The number of hydrogen-bond donors (Lipinski definition) is 0. The molecule has 5 heteroatoms. The van der Waals surface area contributed by atoms with E-state index in [0.717, 1.165) is 29.2 Å². The van der Waals surface area contributed by atoms with E-state index in [1.807, 2.05) is 10.9 Å². The van der Waals surface area contributed by atoms with Crippen LogP contribution in [0.5, 0.6) is 0 Å². The van der Waals surface area contributed by atoms with Gasteiger partial charge in [0.05, 0.1) is 18.6 Å². The molecular weight excluding hydrogens is 240 g/mol. The van der Waals surface area contributed by atoms with Gasteiger partial charge < -0.3 is 9.30 Å². The first-order chi connectivity index (χ1) is 9.04. The van der Waals surface area contributed by atoms with Gasteiger partial charge in [-0.05, 0) is 5.92 Å². The lowest BCUT2D eigenvalue weighted by Gasteiger charge is -2.11. The fraction of sp³-hybridized carbons (Fsp3) is 0.643. The molecule has 2 aromatic heterocycles. The Morgan fingerprint density at radius 1 is 1.16 bits per heavy atom. The number of nitrogens with zero attached hydrogens (tertiary/aromatic N) is 4. The fourth-order valence-electron chi connectivity index (χ4n) is 2.00. The second kappa shape index (κ2) is 5.65. The van der Waals surface area contributed by atoms with Gasteiger partial charge in [0.25, 0.3) is 0 Å². The van der Waals surface area contributed by atoms with E-state index in [9.17, 15) is 0 Å². The Labute approximate surface area is 114 Å². The Kier molecular flexibility index (Phi) is 4.14. The van der Waals surface area contributed by atoms with Crippen molar-refractivity contribution in [1.29, 1.82) is 0 Å². The number of ether oxygens (including phenoxy) is 1. The number of rotatable bonds is 5. The molecule has 0 radical (unpaired) electrons. The van der Waals surface area contributed by atoms with Gasteiger partial charge in [-0.1, -0.05) is 27.7 Å². The molecular formula is C14H22N4O. The summed E-state index contributed by atoms with van der Waals surface area (Å²) in [7, 11) is 1.70. The first kappa shape index (κ1) is 13.9. The highest BCUT2D eigenvalue weighted by molar-refractivity contribution is 5.74. The Hall–Kier alpha value is -1.49. The lowest BCUT2D eigenvalue weighted by Crippen LogP contribution is -2.08. The number of hydrogen-bond acceptors (Lipinski definition) is 4. The molecule has 0 aliphatic rings. The van der Waals surface area contributed by atoms with Gasteiger partial charge in [0.1, 0.15) is 11.3 Å². The molecule has 0 aliphatic carbocycles. The molecule has 0 unspecified atom stereocenters. The van der Waals surface area contributed by atoms with Crippen LogP contribution in [0.25, 0.3) is 11.2 Å². The molecule has 0 spiro atoms. The second-order valence-corrected chi connectivity index (χ2v) is 5.38. The van der Waals surface area contributed by atoms with Crippen LogP contribution < -0.4 is 0 Å². The summed E-state index contributed by atoms with van der Waals surface area (Å²) < 4.78 is 7.17. The number of methoxy groups -OCH3 is 1. The Balaban J connectivity index is 2.57. The van der Waals surface area contributed by atoms with E-state index in [1.165, 1.54) is 0 Å². The maximum absolute atomic E-state index is 5.13. The molecule has 0 bridgehead atoms. The highest BCUT2D eigenvalue weighted by Crippen LogP contribution is 2.23. The Morgan fingerprint density at radius 2 is 1.89 bits per heavy atom. The SMILES string of the molecule is COCCn1cnc2c(C(C)C)nc(C(C)C)nc21. The number of aromatic nitrogens is 4. The van der Waals surface area contributed by atoms with Gasteiger partial charge in [0, 0.05) is 19.6 Å². The van der Waals surface area contributed by atoms with Crippen molar-refractivity contribution < 1.29 is 4.74 Å². The quantitative estimate of drug-likeness (QED) is 0.831. The lowest BCUT2D eigenvalue weighted by molar-refractivity contribution is 0.188. The van der Waals surface area contributed by atoms with Crippen LogP contribution in [0, 0.1) is 0 Å². The molecule has 19 heavy (non-hydrogen) atoms. The third kappa shape index (κ3) is 2.76. The van der Waals surface area contributed by atoms with Crippen LogP contribution in [0.1, 0.15) is 51.0 Å². The van der Waals surface area contributed by atoms with Crippen LogP contribution in [0.15, 0.2) is 6.33 Å². The van der Waals surface area contributed by atoms with E-state index in [4.69, 9.17) is 4.74 Å². The van der Waals surface area contributed by atoms with E-state index in [2.05, 4.69) is 42.6 Å². The van der Waals surface area contributed by atoms with Crippen molar-refractivity contribution in [3.05, 3.63) is 17.8 Å². The van der Waals surface area contributed by atoms with E-state index < -0.39 is 0 Å². The summed E-state index contributed by atoms with van der Waals surface area (Å²) >= 11 is 0. The third-order valence-corrected chi connectivity index (χ3v) is 3.11.